The van der Waals surface area contributed by atoms with Crippen LogP contribution in [0.25, 0.3) is 0 Å². The highest BCUT2D eigenvalue weighted by molar-refractivity contribution is 7.89. The van der Waals surface area contributed by atoms with Crippen LogP contribution in [-0.2, 0) is 19.5 Å². The summed E-state index contributed by atoms with van der Waals surface area (Å²) in [6.45, 7) is 1.90. The zero-order valence-corrected chi connectivity index (χ0v) is 12.4. The predicted molar refractivity (Wildman–Crippen MR) is 73.9 cm³/mol. The number of nitrogens with one attached hydrogen (secondary N) is 1. The fraction of sp³-hybridized carbons (Fsp3) is 0.417. The Kier molecular flexibility index (Phi) is 5.49. The van der Waals surface area contributed by atoms with Crippen LogP contribution in [0.3, 0.4) is 0 Å². The number of hydrogen-bond donors (Lipinski definition) is 2. The van der Waals surface area contributed by atoms with Gasteiger partial charge in [-0.2, -0.15) is 0 Å². The summed E-state index contributed by atoms with van der Waals surface area (Å²) in [5.41, 5.74) is 5.86. The SMILES string of the molecule is COCC(C)NS(=O)(=O)c1ccc(C(=O)OC)cc1N. The molecule has 1 atom stereocenters. The maximum atomic E-state index is 12.1. The highest BCUT2D eigenvalue weighted by Crippen LogP contribution is 2.20. The van der Waals surface area contributed by atoms with E-state index in [1.165, 1.54) is 32.4 Å². The van der Waals surface area contributed by atoms with E-state index in [2.05, 4.69) is 9.46 Å². The van der Waals surface area contributed by atoms with Crippen LogP contribution in [0.4, 0.5) is 5.69 Å². The van der Waals surface area contributed by atoms with Gasteiger partial charge in [-0.05, 0) is 25.1 Å². The summed E-state index contributed by atoms with van der Waals surface area (Å²) in [5, 5.41) is 0. The quantitative estimate of drug-likeness (QED) is 0.580. The molecule has 20 heavy (non-hydrogen) atoms. The minimum atomic E-state index is -3.77. The first-order valence-electron chi connectivity index (χ1n) is 5.81. The molecule has 7 nitrogen and oxygen atoms in total. The molecule has 3 N–H and O–H groups in total. The zero-order chi connectivity index (χ0) is 15.3. The molecule has 1 rings (SSSR count). The third kappa shape index (κ3) is 3.92. The standard InChI is InChI=1S/C12H18N2O5S/c1-8(7-18-2)14-20(16,17)11-5-4-9(6-10(11)13)12(15)19-3/h4-6,8,14H,7,13H2,1-3H3. The predicted octanol–water partition coefficient (Wildman–Crippen LogP) is 0.369. The van der Waals surface area contributed by atoms with Gasteiger partial charge in [0.2, 0.25) is 10.0 Å². The summed E-state index contributed by atoms with van der Waals surface area (Å²) in [6, 6.07) is 3.48. The second-order valence-electron chi connectivity index (χ2n) is 4.22. The molecule has 0 radical (unpaired) electrons. The number of nitrogens with two attached hydrogens (primary N) is 1. The highest BCUT2D eigenvalue weighted by Gasteiger charge is 2.21. The van der Waals surface area contributed by atoms with Crippen molar-refractivity contribution in [3.63, 3.8) is 0 Å². The molecular weight excluding hydrogens is 284 g/mol. The van der Waals surface area contributed by atoms with E-state index in [1.54, 1.807) is 6.92 Å². The van der Waals surface area contributed by atoms with Crippen LogP contribution in [0.2, 0.25) is 0 Å². The van der Waals surface area contributed by atoms with Crippen molar-refractivity contribution in [3.8, 4) is 0 Å². The third-order valence-corrected chi connectivity index (χ3v) is 4.16. The summed E-state index contributed by atoms with van der Waals surface area (Å²) in [5.74, 6) is -0.582. The fourth-order valence-corrected chi connectivity index (χ4v) is 2.99. The van der Waals surface area contributed by atoms with Crippen molar-refractivity contribution in [1.82, 2.24) is 4.72 Å². The van der Waals surface area contributed by atoms with Crippen molar-refractivity contribution in [2.24, 2.45) is 0 Å². The number of benzene rings is 1. The number of esters is 1. The van der Waals surface area contributed by atoms with Crippen molar-refractivity contribution in [2.75, 3.05) is 26.6 Å². The Hall–Kier alpha value is -1.64. The van der Waals surface area contributed by atoms with Crippen LogP contribution >= 0.6 is 0 Å². The molecule has 0 spiro atoms. The molecule has 1 unspecified atom stereocenters. The molecule has 1 aromatic rings. The van der Waals surface area contributed by atoms with Crippen molar-refractivity contribution >= 4 is 21.7 Å². The molecule has 0 aliphatic carbocycles. The maximum Gasteiger partial charge on any atom is 0.337 e. The lowest BCUT2D eigenvalue weighted by Crippen LogP contribution is -2.35. The molecule has 0 saturated heterocycles. The molecule has 112 valence electrons. The first kappa shape index (κ1) is 16.4. The molecule has 0 bridgehead atoms. The average Bonchev–Trinajstić information content (AvgIpc) is 2.36. The highest BCUT2D eigenvalue weighted by atomic mass is 32.2. The normalized spacial score (nSPS) is 12.9. The van der Waals surface area contributed by atoms with Gasteiger partial charge in [0.1, 0.15) is 4.90 Å². The average molecular weight is 302 g/mol. The van der Waals surface area contributed by atoms with Crippen LogP contribution in [0.1, 0.15) is 17.3 Å². The van der Waals surface area contributed by atoms with Gasteiger partial charge >= 0.3 is 5.97 Å². The largest absolute Gasteiger partial charge is 0.465 e. The smallest absolute Gasteiger partial charge is 0.337 e. The Labute approximate surface area is 118 Å². The van der Waals surface area contributed by atoms with E-state index in [1.807, 2.05) is 0 Å². The van der Waals surface area contributed by atoms with Gasteiger partial charge < -0.3 is 15.2 Å². The van der Waals surface area contributed by atoms with Gasteiger partial charge in [-0.1, -0.05) is 0 Å². The molecule has 0 aliphatic rings. The molecule has 0 fully saturated rings. The molecule has 0 amide bonds. The van der Waals surface area contributed by atoms with Crippen LogP contribution in [0.15, 0.2) is 23.1 Å². The molecule has 8 heteroatoms. The van der Waals surface area contributed by atoms with Crippen LogP contribution in [-0.4, -0.2) is 41.3 Å². The monoisotopic (exact) mass is 302 g/mol. The Morgan fingerprint density at radius 1 is 1.40 bits per heavy atom. The lowest BCUT2D eigenvalue weighted by atomic mass is 10.2. The minimum Gasteiger partial charge on any atom is -0.465 e. The molecule has 0 heterocycles. The van der Waals surface area contributed by atoms with Gasteiger partial charge in [0, 0.05) is 13.2 Å². The topological polar surface area (TPSA) is 108 Å². The molecule has 0 aliphatic heterocycles. The number of ether oxygens (including phenoxy) is 2. The first-order valence-corrected chi connectivity index (χ1v) is 7.29. The van der Waals surface area contributed by atoms with E-state index >= 15 is 0 Å². The summed E-state index contributed by atoms with van der Waals surface area (Å²) in [7, 11) is -1.06. The lowest BCUT2D eigenvalue weighted by Gasteiger charge is -2.14. The van der Waals surface area contributed by atoms with Crippen molar-refractivity contribution in [3.05, 3.63) is 23.8 Å². The number of hydrogen-bond acceptors (Lipinski definition) is 6. The number of carbonyl (C=O) groups excluding carboxylic acids is 1. The molecule has 0 saturated carbocycles. The van der Waals surface area contributed by atoms with Crippen LogP contribution in [0, 0.1) is 0 Å². The Balaban J connectivity index is 3.05. The molecular formula is C12H18N2O5S. The van der Waals surface area contributed by atoms with Gasteiger partial charge in [0.25, 0.3) is 0 Å². The number of methoxy groups -OCH3 is 2. The van der Waals surface area contributed by atoms with Gasteiger partial charge in [-0.15, -0.1) is 0 Å². The van der Waals surface area contributed by atoms with Gasteiger partial charge in [0.05, 0.1) is 25.0 Å². The number of rotatable bonds is 6. The Morgan fingerprint density at radius 2 is 2.05 bits per heavy atom. The number of carbonyl (C=O) groups is 1. The van der Waals surface area contributed by atoms with Crippen LogP contribution in [0.5, 0.6) is 0 Å². The van der Waals surface area contributed by atoms with Gasteiger partial charge in [-0.25, -0.2) is 17.9 Å². The maximum absolute atomic E-state index is 12.1. The minimum absolute atomic E-state index is 0.0231. The van der Waals surface area contributed by atoms with E-state index < -0.39 is 22.0 Å². The Morgan fingerprint density at radius 3 is 2.55 bits per heavy atom. The van der Waals surface area contributed by atoms with E-state index in [-0.39, 0.29) is 22.8 Å². The third-order valence-electron chi connectivity index (χ3n) is 2.49. The summed E-state index contributed by atoms with van der Waals surface area (Å²) < 4.78 is 36.1. The van der Waals surface area contributed by atoms with Crippen molar-refractivity contribution < 1.29 is 22.7 Å². The molecule has 1 aromatic carbocycles. The van der Waals surface area contributed by atoms with E-state index in [0.29, 0.717) is 0 Å². The van der Waals surface area contributed by atoms with E-state index in [0.717, 1.165) is 0 Å². The number of sulfonamides is 1. The zero-order valence-electron chi connectivity index (χ0n) is 11.5. The second-order valence-corrected chi connectivity index (χ2v) is 5.90. The fourth-order valence-electron chi connectivity index (χ4n) is 1.65. The van der Waals surface area contributed by atoms with Crippen molar-refractivity contribution in [1.29, 1.82) is 0 Å². The summed E-state index contributed by atoms with van der Waals surface area (Å²) >= 11 is 0. The van der Waals surface area contributed by atoms with Gasteiger partial charge in [0.15, 0.2) is 0 Å². The summed E-state index contributed by atoms with van der Waals surface area (Å²) in [4.78, 5) is 11.2. The van der Waals surface area contributed by atoms with Gasteiger partial charge in [-0.3, -0.25) is 0 Å². The second kappa shape index (κ2) is 6.69. The van der Waals surface area contributed by atoms with Crippen LogP contribution < -0.4 is 10.5 Å². The number of anilines is 1. The van der Waals surface area contributed by atoms with E-state index in [9.17, 15) is 13.2 Å². The first-order chi connectivity index (χ1) is 9.31. The molecule has 0 aromatic heterocycles. The van der Waals surface area contributed by atoms with E-state index in [4.69, 9.17) is 10.5 Å². The lowest BCUT2D eigenvalue weighted by molar-refractivity contribution is 0.0600. The Bertz CT molecular complexity index is 586. The summed E-state index contributed by atoms with van der Waals surface area (Å²) in [6.07, 6.45) is 0. The number of nitrogen functional groups attached to an aromatic ring is 1. The van der Waals surface area contributed by atoms with Crippen molar-refractivity contribution in [2.45, 2.75) is 17.9 Å².